The number of nitrogens with one attached hydrogen (secondary N) is 2. The Morgan fingerprint density at radius 1 is 1.10 bits per heavy atom. The van der Waals surface area contributed by atoms with Gasteiger partial charge in [-0.05, 0) is 42.7 Å². The van der Waals surface area contributed by atoms with Gasteiger partial charge in [0.25, 0.3) is 11.8 Å². The van der Waals surface area contributed by atoms with Crippen LogP contribution in [-0.4, -0.2) is 41.9 Å². The second-order valence-corrected chi connectivity index (χ2v) is 7.37. The summed E-state index contributed by atoms with van der Waals surface area (Å²) in [6.45, 7) is 3.38. The Labute approximate surface area is 180 Å². The van der Waals surface area contributed by atoms with E-state index in [-0.39, 0.29) is 18.9 Å². The highest BCUT2D eigenvalue weighted by Crippen LogP contribution is 2.18. The molecular formula is C23H25N3O5. The first kappa shape index (κ1) is 22.0. The zero-order valence-corrected chi connectivity index (χ0v) is 17.5. The molecule has 3 rings (SSSR count). The molecule has 2 N–H and O–H groups in total. The van der Waals surface area contributed by atoms with Crippen molar-refractivity contribution in [3.63, 3.8) is 0 Å². The molecule has 0 aromatic heterocycles. The van der Waals surface area contributed by atoms with Crippen LogP contribution >= 0.6 is 0 Å². The number of anilines is 1. The molecule has 0 radical (unpaired) electrons. The number of carbonyl (C=O) groups excluding carboxylic acids is 4. The molecule has 8 heteroatoms. The van der Waals surface area contributed by atoms with Gasteiger partial charge in [0.05, 0.1) is 12.5 Å². The fourth-order valence-electron chi connectivity index (χ4n) is 3.26. The zero-order chi connectivity index (χ0) is 22.4. The number of amides is 3. The van der Waals surface area contributed by atoms with Gasteiger partial charge in [0.15, 0.2) is 6.61 Å². The molecule has 162 valence electrons. The molecule has 2 aromatic rings. The first-order chi connectivity index (χ1) is 14.9. The number of hydrogen-bond donors (Lipinski definition) is 2. The number of rotatable bonds is 7. The highest BCUT2D eigenvalue weighted by atomic mass is 16.5. The van der Waals surface area contributed by atoms with Crippen molar-refractivity contribution < 1.29 is 23.9 Å². The lowest BCUT2D eigenvalue weighted by atomic mass is 10.1. The van der Waals surface area contributed by atoms with Crippen molar-refractivity contribution in [3.05, 3.63) is 65.2 Å². The molecule has 1 aliphatic heterocycles. The minimum Gasteiger partial charge on any atom is -0.455 e. The summed E-state index contributed by atoms with van der Waals surface area (Å²) in [6, 6.07) is 14.4. The summed E-state index contributed by atoms with van der Waals surface area (Å²) in [7, 11) is 0. The Morgan fingerprint density at radius 2 is 1.81 bits per heavy atom. The van der Waals surface area contributed by atoms with E-state index in [0.717, 1.165) is 22.6 Å². The van der Waals surface area contributed by atoms with E-state index in [9.17, 15) is 19.2 Å². The first-order valence-electron chi connectivity index (χ1n) is 10.1. The molecule has 1 fully saturated rings. The third-order valence-electron chi connectivity index (χ3n) is 5.08. The molecule has 1 aliphatic rings. The van der Waals surface area contributed by atoms with E-state index in [1.807, 2.05) is 25.1 Å². The number of hydrazine groups is 1. The number of aryl methyl sites for hydroxylation is 2. The van der Waals surface area contributed by atoms with Gasteiger partial charge in [0.1, 0.15) is 0 Å². The summed E-state index contributed by atoms with van der Waals surface area (Å²) in [4.78, 5) is 48.9. The highest BCUT2D eigenvalue weighted by Gasteiger charge is 2.36. The number of carbonyl (C=O) groups is 4. The summed E-state index contributed by atoms with van der Waals surface area (Å²) >= 11 is 0. The van der Waals surface area contributed by atoms with Crippen LogP contribution in [0, 0.1) is 12.8 Å². The average molecular weight is 423 g/mol. The van der Waals surface area contributed by atoms with E-state index >= 15 is 0 Å². The number of hydrogen-bond acceptors (Lipinski definition) is 5. The molecule has 31 heavy (non-hydrogen) atoms. The molecular weight excluding hydrogens is 398 g/mol. The van der Waals surface area contributed by atoms with E-state index in [4.69, 9.17) is 4.74 Å². The minimum absolute atomic E-state index is 0.00458. The molecule has 0 saturated carbocycles. The maximum atomic E-state index is 12.4. The maximum absolute atomic E-state index is 12.4. The van der Waals surface area contributed by atoms with Gasteiger partial charge in [-0.3, -0.25) is 29.6 Å². The zero-order valence-electron chi connectivity index (χ0n) is 17.5. The van der Waals surface area contributed by atoms with Gasteiger partial charge in [-0.1, -0.05) is 37.3 Å². The van der Waals surface area contributed by atoms with E-state index in [0.29, 0.717) is 11.3 Å². The van der Waals surface area contributed by atoms with Crippen LogP contribution in [0.25, 0.3) is 0 Å². The number of esters is 1. The van der Waals surface area contributed by atoms with Crippen molar-refractivity contribution in [2.45, 2.75) is 26.7 Å². The van der Waals surface area contributed by atoms with Gasteiger partial charge in [-0.15, -0.1) is 0 Å². The fourth-order valence-corrected chi connectivity index (χ4v) is 3.26. The van der Waals surface area contributed by atoms with Crippen molar-refractivity contribution in [1.29, 1.82) is 0 Å². The lowest BCUT2D eigenvalue weighted by molar-refractivity contribution is -0.151. The van der Waals surface area contributed by atoms with Crippen LogP contribution in [-0.2, 0) is 25.5 Å². The third-order valence-corrected chi connectivity index (χ3v) is 5.08. The first-order valence-corrected chi connectivity index (χ1v) is 10.1. The predicted molar refractivity (Wildman–Crippen MR) is 114 cm³/mol. The molecule has 0 aliphatic carbocycles. The Balaban J connectivity index is 1.47. The van der Waals surface area contributed by atoms with Gasteiger partial charge in [0.2, 0.25) is 5.91 Å². The number of benzene rings is 2. The van der Waals surface area contributed by atoms with Crippen LogP contribution in [0.5, 0.6) is 0 Å². The summed E-state index contributed by atoms with van der Waals surface area (Å²) in [6.07, 6.45) is 0.807. The normalized spacial score (nSPS) is 15.5. The van der Waals surface area contributed by atoms with Crippen LogP contribution in [0.4, 0.5) is 5.69 Å². The monoisotopic (exact) mass is 423 g/mol. The van der Waals surface area contributed by atoms with Gasteiger partial charge in [0, 0.05) is 17.7 Å². The summed E-state index contributed by atoms with van der Waals surface area (Å²) in [5.74, 6) is -2.68. The van der Waals surface area contributed by atoms with Crippen molar-refractivity contribution in [1.82, 2.24) is 10.4 Å². The Kier molecular flexibility index (Phi) is 7.02. The van der Waals surface area contributed by atoms with E-state index in [1.54, 1.807) is 37.3 Å². The number of nitrogens with zero attached hydrogens (tertiary/aromatic N) is 1. The molecule has 1 heterocycles. The topological polar surface area (TPSA) is 105 Å². The van der Waals surface area contributed by atoms with Crippen LogP contribution in [0.15, 0.2) is 48.5 Å². The summed E-state index contributed by atoms with van der Waals surface area (Å²) < 4.78 is 5.07. The summed E-state index contributed by atoms with van der Waals surface area (Å²) in [5.41, 5.74) is 5.52. The van der Waals surface area contributed by atoms with Crippen LogP contribution in [0.3, 0.4) is 0 Å². The molecule has 1 atom stereocenters. The number of ether oxygens (including phenoxy) is 1. The Bertz CT molecular complexity index is 987. The SMILES string of the molecule is CCc1ccc(NC(=O)COC(=O)[C@@H]2CC(=O)N(NC(=O)c3ccccc3C)C2)cc1. The van der Waals surface area contributed by atoms with E-state index in [2.05, 4.69) is 10.7 Å². The largest absolute Gasteiger partial charge is 0.455 e. The molecule has 2 aromatic carbocycles. The minimum atomic E-state index is -0.749. The molecule has 8 nitrogen and oxygen atoms in total. The van der Waals surface area contributed by atoms with Gasteiger partial charge in [-0.2, -0.15) is 0 Å². The van der Waals surface area contributed by atoms with Crippen molar-refractivity contribution in [2.24, 2.45) is 5.92 Å². The van der Waals surface area contributed by atoms with Crippen LogP contribution in [0.1, 0.15) is 34.8 Å². The van der Waals surface area contributed by atoms with Gasteiger partial charge >= 0.3 is 5.97 Å². The van der Waals surface area contributed by atoms with Crippen LogP contribution in [0.2, 0.25) is 0 Å². The molecule has 1 saturated heterocycles. The second kappa shape index (κ2) is 9.88. The predicted octanol–water partition coefficient (Wildman–Crippen LogP) is 2.23. The average Bonchev–Trinajstić information content (AvgIpc) is 3.13. The molecule has 0 bridgehead atoms. The highest BCUT2D eigenvalue weighted by molar-refractivity contribution is 5.98. The standard InChI is InChI=1S/C23H25N3O5/c1-3-16-8-10-18(11-9-16)24-20(27)14-31-23(30)17-12-21(28)26(13-17)25-22(29)19-7-5-4-6-15(19)2/h4-11,17H,3,12-14H2,1-2H3,(H,24,27)(H,25,29)/t17-/m1/s1. The Morgan fingerprint density at radius 3 is 2.48 bits per heavy atom. The van der Waals surface area contributed by atoms with E-state index < -0.39 is 30.3 Å². The maximum Gasteiger partial charge on any atom is 0.311 e. The smallest absolute Gasteiger partial charge is 0.311 e. The van der Waals surface area contributed by atoms with E-state index in [1.165, 1.54) is 0 Å². The van der Waals surface area contributed by atoms with Crippen molar-refractivity contribution in [2.75, 3.05) is 18.5 Å². The molecule has 0 spiro atoms. The van der Waals surface area contributed by atoms with Gasteiger partial charge in [-0.25, -0.2) is 0 Å². The Hall–Kier alpha value is -3.68. The third kappa shape index (κ3) is 5.69. The fraction of sp³-hybridized carbons (Fsp3) is 0.304. The lowest BCUT2D eigenvalue weighted by Crippen LogP contribution is -2.43. The lowest BCUT2D eigenvalue weighted by Gasteiger charge is -2.18. The van der Waals surface area contributed by atoms with Crippen molar-refractivity contribution in [3.8, 4) is 0 Å². The van der Waals surface area contributed by atoms with Crippen LogP contribution < -0.4 is 10.7 Å². The van der Waals surface area contributed by atoms with Crippen molar-refractivity contribution >= 4 is 29.4 Å². The quantitative estimate of drug-likeness (QED) is 0.665. The van der Waals surface area contributed by atoms with Gasteiger partial charge < -0.3 is 10.1 Å². The summed E-state index contributed by atoms with van der Waals surface area (Å²) in [5, 5.41) is 3.78. The molecule has 3 amide bonds. The second-order valence-electron chi connectivity index (χ2n) is 7.37. The molecule has 0 unspecified atom stereocenters.